The zero-order valence-electron chi connectivity index (χ0n) is 14.2. The molecule has 2 N–H and O–H groups in total. The van der Waals surface area contributed by atoms with Gasteiger partial charge in [0.1, 0.15) is 5.69 Å². The Bertz CT molecular complexity index is 818. The summed E-state index contributed by atoms with van der Waals surface area (Å²) in [7, 11) is 0. The van der Waals surface area contributed by atoms with Gasteiger partial charge < -0.3 is 10.6 Å². The first-order chi connectivity index (χ1) is 12.8. The van der Waals surface area contributed by atoms with Crippen molar-refractivity contribution in [2.45, 2.75) is 24.7 Å². The van der Waals surface area contributed by atoms with Crippen LogP contribution in [0.5, 0.6) is 0 Å². The van der Waals surface area contributed by atoms with Crippen LogP contribution in [0, 0.1) is 23.3 Å². The van der Waals surface area contributed by atoms with Crippen LogP contribution in [-0.2, 0) is 9.59 Å². The number of carbonyl (C=O) groups excluding carboxylic acids is 2. The predicted octanol–water partition coefficient (Wildman–Crippen LogP) is 4.71. The van der Waals surface area contributed by atoms with E-state index >= 15 is 0 Å². The molecule has 0 atom stereocenters. The number of hydrogen-bond acceptors (Lipinski definition) is 3. The first-order valence-electron chi connectivity index (χ1n) is 7.97. The highest BCUT2D eigenvalue weighted by atomic mass is 32.2. The monoisotopic (exact) mass is 400 g/mol. The molecule has 0 unspecified atom stereocenters. The molecule has 9 heteroatoms. The van der Waals surface area contributed by atoms with Gasteiger partial charge in [0.05, 0.1) is 5.75 Å². The van der Waals surface area contributed by atoms with Crippen LogP contribution < -0.4 is 10.6 Å². The van der Waals surface area contributed by atoms with E-state index < -0.39 is 34.9 Å². The average Bonchev–Trinajstić information content (AvgIpc) is 2.63. The van der Waals surface area contributed by atoms with E-state index in [1.807, 2.05) is 12.2 Å². The molecule has 0 aliphatic rings. The number of nitrogens with one attached hydrogen (secondary N) is 2. The van der Waals surface area contributed by atoms with Crippen LogP contribution in [0.3, 0.4) is 0 Å². The van der Waals surface area contributed by atoms with Crippen LogP contribution in [0.4, 0.5) is 28.9 Å². The van der Waals surface area contributed by atoms with Gasteiger partial charge in [0.25, 0.3) is 0 Å². The summed E-state index contributed by atoms with van der Waals surface area (Å²) >= 11 is 1.05. The Morgan fingerprint density at radius 2 is 1.52 bits per heavy atom. The van der Waals surface area contributed by atoms with E-state index in [9.17, 15) is 27.2 Å². The van der Waals surface area contributed by atoms with Gasteiger partial charge in [-0.25, -0.2) is 17.6 Å². The van der Waals surface area contributed by atoms with Gasteiger partial charge in [-0.15, -0.1) is 11.8 Å². The van der Waals surface area contributed by atoms with Crippen LogP contribution in [0.1, 0.15) is 19.8 Å². The number of halogens is 4. The molecular formula is C18H16F4N2O2S. The van der Waals surface area contributed by atoms with Crippen molar-refractivity contribution < 1.29 is 27.2 Å². The molecule has 0 radical (unpaired) electrons. The first-order valence-corrected chi connectivity index (χ1v) is 8.96. The molecule has 144 valence electrons. The molecule has 27 heavy (non-hydrogen) atoms. The normalized spacial score (nSPS) is 10.6. The van der Waals surface area contributed by atoms with Gasteiger partial charge in [0.15, 0.2) is 23.3 Å². The van der Waals surface area contributed by atoms with Crippen molar-refractivity contribution in [3.05, 3.63) is 53.6 Å². The van der Waals surface area contributed by atoms with Crippen molar-refractivity contribution in [1.29, 1.82) is 0 Å². The number of benzene rings is 2. The molecule has 0 spiro atoms. The largest absolute Gasteiger partial charge is 0.326 e. The van der Waals surface area contributed by atoms with Crippen molar-refractivity contribution >= 4 is 35.0 Å². The molecule has 2 rings (SSSR count). The SMILES string of the molecule is CCCC(=O)Nc1ccc(SCC(=O)Nc2c(F)c(F)cc(F)c2F)cc1. The van der Waals surface area contributed by atoms with E-state index in [-0.39, 0.29) is 17.7 Å². The fraction of sp³-hybridized carbons (Fsp3) is 0.222. The van der Waals surface area contributed by atoms with Crippen molar-refractivity contribution in [1.82, 2.24) is 0 Å². The van der Waals surface area contributed by atoms with Crippen molar-refractivity contribution in [3.8, 4) is 0 Å². The molecule has 2 aromatic carbocycles. The minimum absolute atomic E-state index is 0.0654. The molecule has 0 bridgehead atoms. The molecule has 0 heterocycles. The summed E-state index contributed by atoms with van der Waals surface area (Å²) in [6.07, 6.45) is 1.13. The molecule has 0 saturated carbocycles. The Labute approximate surface area is 157 Å². The zero-order chi connectivity index (χ0) is 20.0. The molecule has 0 aliphatic heterocycles. The van der Waals surface area contributed by atoms with E-state index in [2.05, 4.69) is 5.32 Å². The lowest BCUT2D eigenvalue weighted by atomic mass is 10.2. The lowest BCUT2D eigenvalue weighted by Crippen LogP contribution is -2.17. The molecule has 0 saturated heterocycles. The Morgan fingerprint density at radius 1 is 0.926 bits per heavy atom. The van der Waals surface area contributed by atoms with Crippen LogP contribution in [-0.4, -0.2) is 17.6 Å². The number of amides is 2. The predicted molar refractivity (Wildman–Crippen MR) is 95.6 cm³/mol. The summed E-state index contributed by atoms with van der Waals surface area (Å²) < 4.78 is 53.3. The van der Waals surface area contributed by atoms with Crippen molar-refractivity contribution in [3.63, 3.8) is 0 Å². The standard InChI is InChI=1S/C18H16F4N2O2S/c1-2-3-14(25)23-10-4-6-11(7-5-10)27-9-15(26)24-18-16(21)12(19)8-13(20)17(18)22/h4-8H,2-3,9H2,1H3,(H,23,25)(H,24,26). The van der Waals surface area contributed by atoms with Gasteiger partial charge in [0, 0.05) is 23.1 Å². The summed E-state index contributed by atoms with van der Waals surface area (Å²) in [5.41, 5.74) is -0.561. The van der Waals surface area contributed by atoms with Crippen LogP contribution in [0.2, 0.25) is 0 Å². The Hall–Kier alpha value is -2.55. The highest BCUT2D eigenvalue weighted by Gasteiger charge is 2.20. The topological polar surface area (TPSA) is 58.2 Å². The Kier molecular flexibility index (Phi) is 7.23. The third-order valence-electron chi connectivity index (χ3n) is 3.36. The third kappa shape index (κ3) is 5.72. The quantitative estimate of drug-likeness (QED) is 0.402. The van der Waals surface area contributed by atoms with E-state index in [4.69, 9.17) is 0 Å². The fourth-order valence-electron chi connectivity index (χ4n) is 2.09. The number of anilines is 2. The summed E-state index contributed by atoms with van der Waals surface area (Å²) in [6.45, 7) is 1.89. The summed E-state index contributed by atoms with van der Waals surface area (Å²) in [4.78, 5) is 24.0. The lowest BCUT2D eigenvalue weighted by Gasteiger charge is -2.09. The smallest absolute Gasteiger partial charge is 0.234 e. The average molecular weight is 400 g/mol. The Balaban J connectivity index is 1.94. The van der Waals surface area contributed by atoms with E-state index in [0.717, 1.165) is 18.2 Å². The summed E-state index contributed by atoms with van der Waals surface area (Å²) in [5, 5.41) is 4.54. The van der Waals surface area contributed by atoms with Crippen LogP contribution in [0.15, 0.2) is 35.2 Å². The molecule has 4 nitrogen and oxygen atoms in total. The second-order valence-electron chi connectivity index (χ2n) is 5.50. The number of carbonyl (C=O) groups is 2. The van der Waals surface area contributed by atoms with Gasteiger partial charge in [0.2, 0.25) is 11.8 Å². The molecule has 0 fully saturated rings. The van der Waals surface area contributed by atoms with Gasteiger partial charge in [-0.1, -0.05) is 6.92 Å². The van der Waals surface area contributed by atoms with Crippen molar-refractivity contribution in [2.24, 2.45) is 0 Å². The second kappa shape index (κ2) is 9.40. The highest BCUT2D eigenvalue weighted by molar-refractivity contribution is 8.00. The van der Waals surface area contributed by atoms with Gasteiger partial charge in [-0.2, -0.15) is 0 Å². The number of hydrogen-bond donors (Lipinski definition) is 2. The molecule has 2 aromatic rings. The van der Waals surface area contributed by atoms with Crippen LogP contribution in [0.25, 0.3) is 0 Å². The maximum Gasteiger partial charge on any atom is 0.234 e. The van der Waals surface area contributed by atoms with E-state index in [1.54, 1.807) is 24.3 Å². The first kappa shape index (κ1) is 20.8. The molecular weight excluding hydrogens is 384 g/mol. The third-order valence-corrected chi connectivity index (χ3v) is 4.37. The highest BCUT2D eigenvalue weighted by Crippen LogP contribution is 2.25. The van der Waals surface area contributed by atoms with Crippen LogP contribution >= 0.6 is 11.8 Å². The van der Waals surface area contributed by atoms with E-state index in [0.29, 0.717) is 17.0 Å². The van der Waals surface area contributed by atoms with Gasteiger partial charge >= 0.3 is 0 Å². The second-order valence-corrected chi connectivity index (χ2v) is 6.55. The number of rotatable bonds is 7. The maximum absolute atomic E-state index is 13.5. The molecule has 0 aromatic heterocycles. The molecule has 2 amide bonds. The van der Waals surface area contributed by atoms with Gasteiger partial charge in [-0.05, 0) is 30.7 Å². The fourth-order valence-corrected chi connectivity index (χ4v) is 2.79. The summed E-state index contributed by atoms with van der Waals surface area (Å²) in [6, 6.07) is 6.67. The zero-order valence-corrected chi connectivity index (χ0v) is 15.1. The Morgan fingerprint density at radius 3 is 2.07 bits per heavy atom. The molecule has 0 aliphatic carbocycles. The maximum atomic E-state index is 13.5. The lowest BCUT2D eigenvalue weighted by molar-refractivity contribution is -0.116. The number of thioether (sulfide) groups is 1. The summed E-state index contributed by atoms with van der Waals surface area (Å²) in [5.74, 6) is -7.71. The van der Waals surface area contributed by atoms with E-state index in [1.165, 1.54) is 0 Å². The van der Waals surface area contributed by atoms with Gasteiger partial charge in [-0.3, -0.25) is 9.59 Å². The minimum Gasteiger partial charge on any atom is -0.326 e. The van der Waals surface area contributed by atoms with Crippen molar-refractivity contribution in [2.75, 3.05) is 16.4 Å². The minimum atomic E-state index is -1.67.